The number of halogens is 3. The molecule has 0 saturated heterocycles. The van der Waals surface area contributed by atoms with E-state index < -0.39 is 54.9 Å². The molecule has 60 heavy (non-hydrogen) atoms. The van der Waals surface area contributed by atoms with E-state index in [1.165, 1.54) is 92.5 Å². The monoisotopic (exact) mass is 825 g/mol. The molecule has 316 valence electrons. The predicted molar refractivity (Wildman–Crippen MR) is 221 cm³/mol. The predicted octanol–water partition coefficient (Wildman–Crippen LogP) is 8.60. The quantitative estimate of drug-likeness (QED) is 0.108. The number of aliphatic carboxylic acids is 1. The molecule has 2 aliphatic carbocycles. The first-order valence-corrected chi connectivity index (χ1v) is 20.3. The normalized spacial score (nSPS) is 17.9. The summed E-state index contributed by atoms with van der Waals surface area (Å²) in [7, 11) is 1.25. The molecule has 1 fully saturated rings. The van der Waals surface area contributed by atoms with E-state index in [1.807, 2.05) is 24.5 Å². The fraction of sp³-hybridized carbons (Fsp3) is 0.391. The number of nitrogens with zero attached hydrogens (tertiary/aromatic N) is 3. The standard InChI is InChI=1S/C46H50F3N5O6/c1-3-29-4-8-31(9-5-29)32-12-14-33(15-13-32)37-24-51-44(52-25-37)34-10-6-30(7-11-34)27-54(28-42(56)50-26-43(57)58)45(59)35-16-19-38(20-17-35)53-41(55)22-36-18-21-39(60-2)23-40(36)46(47,48)49/h6-7,10-11,14,16-21,23-25,29,31-32H,3-5,8-9,12-13,15,22,26-28H2,1-2H3,(H,50,56)(H,53,55)(H,57,58)/t29-,31-,32?. The molecular formula is C46H50F3N5O6. The van der Waals surface area contributed by atoms with Crippen LogP contribution in [0.1, 0.15) is 90.9 Å². The van der Waals surface area contributed by atoms with Gasteiger partial charge in [0.15, 0.2) is 5.82 Å². The molecule has 11 nitrogen and oxygen atoms in total. The first kappa shape index (κ1) is 43.5. The van der Waals surface area contributed by atoms with E-state index in [0.717, 1.165) is 47.8 Å². The first-order valence-electron chi connectivity index (χ1n) is 20.3. The number of carboxylic acids is 1. The Morgan fingerprint density at radius 1 is 0.867 bits per heavy atom. The van der Waals surface area contributed by atoms with Crippen LogP contribution >= 0.6 is 0 Å². The minimum atomic E-state index is -4.70. The third-order valence-corrected chi connectivity index (χ3v) is 11.6. The summed E-state index contributed by atoms with van der Waals surface area (Å²) in [4.78, 5) is 60.9. The van der Waals surface area contributed by atoms with Gasteiger partial charge >= 0.3 is 12.1 Å². The SMILES string of the molecule is CC[C@H]1CC[C@H](C2CC=C(c3cnc(-c4ccc(CN(CC(=O)NCC(=O)O)C(=O)c5ccc(NC(=O)Cc6ccc(OC)cc6C(F)(F)F)cc5)cc4)nc3)CC2)CC1. The lowest BCUT2D eigenvalue weighted by Crippen LogP contribution is -2.41. The zero-order chi connectivity index (χ0) is 42.8. The van der Waals surface area contributed by atoms with E-state index in [1.54, 1.807) is 12.1 Å². The minimum Gasteiger partial charge on any atom is -0.497 e. The molecular weight excluding hydrogens is 776 g/mol. The fourth-order valence-corrected chi connectivity index (χ4v) is 8.20. The van der Waals surface area contributed by atoms with Gasteiger partial charge in [-0.1, -0.05) is 62.6 Å². The molecule has 1 atom stereocenters. The molecule has 3 N–H and O–H groups in total. The Balaban J connectivity index is 1.08. The van der Waals surface area contributed by atoms with Crippen molar-refractivity contribution in [2.75, 3.05) is 25.5 Å². The second-order valence-electron chi connectivity index (χ2n) is 15.6. The van der Waals surface area contributed by atoms with Gasteiger partial charge in [-0.15, -0.1) is 0 Å². The van der Waals surface area contributed by atoms with E-state index in [9.17, 15) is 32.3 Å². The number of benzene rings is 3. The number of amides is 3. The van der Waals surface area contributed by atoms with Gasteiger partial charge in [0.25, 0.3) is 5.91 Å². The third-order valence-electron chi connectivity index (χ3n) is 11.6. The van der Waals surface area contributed by atoms with Gasteiger partial charge in [-0.3, -0.25) is 19.2 Å². The highest BCUT2D eigenvalue weighted by Crippen LogP contribution is 2.42. The molecule has 1 saturated carbocycles. The molecule has 0 aliphatic heterocycles. The summed E-state index contributed by atoms with van der Waals surface area (Å²) in [5.41, 5.74) is 2.94. The number of ether oxygens (including phenoxy) is 1. The van der Waals surface area contributed by atoms with Gasteiger partial charge in [0.1, 0.15) is 18.8 Å². The van der Waals surface area contributed by atoms with Crippen LogP contribution in [0.25, 0.3) is 17.0 Å². The molecule has 0 radical (unpaired) electrons. The van der Waals surface area contributed by atoms with Crippen LogP contribution in [0.5, 0.6) is 5.75 Å². The first-order chi connectivity index (χ1) is 28.8. The Morgan fingerprint density at radius 2 is 1.57 bits per heavy atom. The second kappa shape index (κ2) is 19.8. The van der Waals surface area contributed by atoms with Gasteiger partial charge in [-0.2, -0.15) is 13.2 Å². The Bertz CT molecular complexity index is 2170. The van der Waals surface area contributed by atoms with E-state index in [0.29, 0.717) is 11.4 Å². The highest BCUT2D eigenvalue weighted by Gasteiger charge is 2.34. The second-order valence-corrected chi connectivity index (χ2v) is 15.6. The van der Waals surface area contributed by atoms with Gasteiger partial charge in [0.05, 0.1) is 19.1 Å². The summed E-state index contributed by atoms with van der Waals surface area (Å²) in [6, 6.07) is 16.3. The van der Waals surface area contributed by atoms with Crippen molar-refractivity contribution in [3.8, 4) is 17.1 Å². The van der Waals surface area contributed by atoms with Crippen molar-refractivity contribution >= 4 is 35.0 Å². The van der Waals surface area contributed by atoms with Gasteiger partial charge in [-0.05, 0) is 103 Å². The van der Waals surface area contributed by atoms with Crippen molar-refractivity contribution in [1.82, 2.24) is 20.2 Å². The van der Waals surface area contributed by atoms with Crippen molar-refractivity contribution in [3.05, 3.63) is 113 Å². The smallest absolute Gasteiger partial charge is 0.416 e. The minimum absolute atomic E-state index is 0.00349. The van der Waals surface area contributed by atoms with Crippen LogP contribution in [-0.2, 0) is 33.5 Å². The summed E-state index contributed by atoms with van der Waals surface area (Å²) >= 11 is 0. The molecule has 0 spiro atoms. The molecule has 1 aromatic heterocycles. The number of nitrogens with one attached hydrogen (secondary N) is 2. The Hall–Kier alpha value is -6.05. The summed E-state index contributed by atoms with van der Waals surface area (Å²) in [5.74, 6) is -0.133. The fourth-order valence-electron chi connectivity index (χ4n) is 8.20. The van der Waals surface area contributed by atoms with Gasteiger partial charge in [0, 0.05) is 41.3 Å². The van der Waals surface area contributed by atoms with Gasteiger partial charge in [0.2, 0.25) is 11.8 Å². The van der Waals surface area contributed by atoms with Gasteiger partial charge < -0.3 is 25.4 Å². The Morgan fingerprint density at radius 3 is 2.17 bits per heavy atom. The van der Waals surface area contributed by atoms with Crippen molar-refractivity contribution in [1.29, 1.82) is 0 Å². The van der Waals surface area contributed by atoms with Crippen molar-refractivity contribution in [2.24, 2.45) is 17.8 Å². The zero-order valence-corrected chi connectivity index (χ0v) is 33.8. The molecule has 1 heterocycles. The maximum Gasteiger partial charge on any atom is 0.416 e. The maximum atomic E-state index is 13.8. The highest BCUT2D eigenvalue weighted by molar-refractivity contribution is 5.98. The van der Waals surface area contributed by atoms with E-state index in [4.69, 9.17) is 9.84 Å². The summed E-state index contributed by atoms with van der Waals surface area (Å²) in [6.45, 7) is 1.23. The number of allylic oxidation sites excluding steroid dienone is 2. The largest absolute Gasteiger partial charge is 0.497 e. The summed E-state index contributed by atoms with van der Waals surface area (Å²) in [5, 5.41) is 13.9. The van der Waals surface area contributed by atoms with Crippen LogP contribution in [0.15, 0.2) is 85.2 Å². The molecule has 3 aromatic carbocycles. The van der Waals surface area contributed by atoms with E-state index in [2.05, 4.69) is 33.6 Å². The highest BCUT2D eigenvalue weighted by atomic mass is 19.4. The lowest BCUT2D eigenvalue weighted by atomic mass is 9.71. The Labute approximate surface area is 347 Å². The molecule has 6 rings (SSSR count). The molecule has 0 bridgehead atoms. The molecule has 3 amide bonds. The van der Waals surface area contributed by atoms with Gasteiger partial charge in [-0.25, -0.2) is 9.97 Å². The summed E-state index contributed by atoms with van der Waals surface area (Å²) in [6.07, 6.45) is 10.9. The van der Waals surface area contributed by atoms with E-state index in [-0.39, 0.29) is 29.1 Å². The topological polar surface area (TPSA) is 151 Å². The number of rotatable bonds is 15. The van der Waals surface area contributed by atoms with Crippen LogP contribution in [0.2, 0.25) is 0 Å². The molecule has 4 aromatic rings. The van der Waals surface area contributed by atoms with Crippen LogP contribution in [0.3, 0.4) is 0 Å². The van der Waals surface area contributed by atoms with Crippen molar-refractivity contribution < 1.29 is 42.2 Å². The zero-order valence-electron chi connectivity index (χ0n) is 33.8. The van der Waals surface area contributed by atoms with Crippen molar-refractivity contribution in [3.63, 3.8) is 0 Å². The number of carbonyl (C=O) groups is 4. The number of methoxy groups -OCH3 is 1. The average molecular weight is 826 g/mol. The number of carboxylic acid groups (broad SMARTS) is 1. The molecule has 14 heteroatoms. The molecule has 2 aliphatic rings. The summed E-state index contributed by atoms with van der Waals surface area (Å²) < 4.78 is 45.9. The lowest BCUT2D eigenvalue weighted by molar-refractivity contribution is -0.138. The Kier molecular flexibility index (Phi) is 14.4. The molecule has 1 unspecified atom stereocenters. The van der Waals surface area contributed by atoms with Crippen LogP contribution in [0.4, 0.5) is 18.9 Å². The number of hydrogen-bond acceptors (Lipinski definition) is 7. The van der Waals surface area contributed by atoms with Crippen LogP contribution < -0.4 is 15.4 Å². The number of carbonyl (C=O) groups excluding carboxylic acids is 3. The number of anilines is 1. The third kappa shape index (κ3) is 11.6. The number of hydrogen-bond donors (Lipinski definition) is 3. The van der Waals surface area contributed by atoms with Crippen LogP contribution in [-0.4, -0.2) is 63.9 Å². The number of alkyl halides is 3. The lowest BCUT2D eigenvalue weighted by Gasteiger charge is -2.35. The van der Waals surface area contributed by atoms with Crippen LogP contribution in [0, 0.1) is 17.8 Å². The van der Waals surface area contributed by atoms with E-state index >= 15 is 0 Å². The van der Waals surface area contributed by atoms with Crippen molar-refractivity contribution in [2.45, 2.75) is 77.4 Å². The maximum absolute atomic E-state index is 13.8. The average Bonchev–Trinajstić information content (AvgIpc) is 3.25. The number of aromatic nitrogens is 2.